The van der Waals surface area contributed by atoms with E-state index in [4.69, 9.17) is 19.9 Å². The van der Waals surface area contributed by atoms with E-state index in [1.807, 2.05) is 18.2 Å². The van der Waals surface area contributed by atoms with Crippen LogP contribution in [0.15, 0.2) is 194 Å². The van der Waals surface area contributed by atoms with Crippen molar-refractivity contribution < 1.29 is 0 Å². The Bertz CT molecular complexity index is 3290. The van der Waals surface area contributed by atoms with Gasteiger partial charge in [-0.1, -0.05) is 164 Å². The second-order valence-electron chi connectivity index (χ2n) is 14.2. The summed E-state index contributed by atoms with van der Waals surface area (Å²) in [6.07, 6.45) is 0. The van der Waals surface area contributed by atoms with E-state index in [1.54, 1.807) is 0 Å². The number of fused-ring (bicyclic) bond motifs is 6. The first-order chi connectivity index (χ1) is 27.7. The van der Waals surface area contributed by atoms with Gasteiger partial charge in [-0.3, -0.25) is 0 Å². The molecule has 0 aliphatic rings. The molecule has 4 heteroatoms. The topological polar surface area (TPSA) is 51.6 Å². The van der Waals surface area contributed by atoms with Gasteiger partial charge in [-0.05, 0) is 57.8 Å². The quantitative estimate of drug-likeness (QED) is 0.132. The highest BCUT2D eigenvalue weighted by Crippen LogP contribution is 2.38. The fraction of sp³-hybridized carbons (Fsp3) is 0. The number of aromatic nitrogens is 4. The van der Waals surface area contributed by atoms with Gasteiger partial charge in [0.25, 0.3) is 0 Å². The number of nitrogens with zero attached hydrogens (tertiary/aromatic N) is 4. The molecule has 4 nitrogen and oxygen atoms in total. The molecule has 0 bridgehead atoms. The van der Waals surface area contributed by atoms with Crippen molar-refractivity contribution in [1.82, 2.24) is 19.9 Å². The van der Waals surface area contributed by atoms with Gasteiger partial charge in [0, 0.05) is 43.8 Å². The number of hydrogen-bond acceptors (Lipinski definition) is 4. The highest BCUT2D eigenvalue weighted by atomic mass is 14.9. The van der Waals surface area contributed by atoms with Crippen LogP contribution >= 0.6 is 0 Å². The van der Waals surface area contributed by atoms with Crippen LogP contribution in [0.2, 0.25) is 0 Å². The molecular formula is C52H32N4. The summed E-state index contributed by atoms with van der Waals surface area (Å²) in [4.78, 5) is 20.7. The van der Waals surface area contributed by atoms with E-state index in [-0.39, 0.29) is 0 Å². The van der Waals surface area contributed by atoms with Gasteiger partial charge in [-0.15, -0.1) is 0 Å². The Balaban J connectivity index is 0.985. The first kappa shape index (κ1) is 31.9. The Kier molecular flexibility index (Phi) is 7.46. The molecule has 0 atom stereocenters. The highest BCUT2D eigenvalue weighted by Gasteiger charge is 2.16. The summed E-state index contributed by atoms with van der Waals surface area (Å²) in [5.41, 5.74) is 13.3. The fourth-order valence-corrected chi connectivity index (χ4v) is 8.03. The van der Waals surface area contributed by atoms with Crippen LogP contribution in [0.25, 0.3) is 111 Å². The largest absolute Gasteiger partial charge is 0.245 e. The second kappa shape index (κ2) is 13.1. The lowest BCUT2D eigenvalue weighted by atomic mass is 9.95. The van der Waals surface area contributed by atoms with Crippen molar-refractivity contribution in [2.24, 2.45) is 0 Å². The Morgan fingerprint density at radius 1 is 0.286 bits per heavy atom. The van der Waals surface area contributed by atoms with Crippen molar-refractivity contribution in [3.05, 3.63) is 194 Å². The molecule has 3 heterocycles. The van der Waals surface area contributed by atoms with E-state index in [1.165, 1.54) is 22.3 Å². The number of hydrogen-bond donors (Lipinski definition) is 0. The molecule has 0 aliphatic carbocycles. The van der Waals surface area contributed by atoms with Crippen LogP contribution in [0.3, 0.4) is 0 Å². The van der Waals surface area contributed by atoms with Gasteiger partial charge in [0.2, 0.25) is 0 Å². The van der Waals surface area contributed by atoms with Crippen LogP contribution in [0, 0.1) is 0 Å². The van der Waals surface area contributed by atoms with Crippen molar-refractivity contribution in [3.8, 4) is 56.2 Å². The van der Waals surface area contributed by atoms with Gasteiger partial charge in [0.1, 0.15) is 0 Å². The fourth-order valence-electron chi connectivity index (χ4n) is 8.03. The molecule has 260 valence electrons. The molecule has 3 aromatic heterocycles. The van der Waals surface area contributed by atoms with Crippen LogP contribution in [0.4, 0.5) is 0 Å². The van der Waals surface area contributed by atoms with Gasteiger partial charge in [0.15, 0.2) is 5.82 Å². The average molecular weight is 713 g/mol. The summed E-state index contributed by atoms with van der Waals surface area (Å²) in [7, 11) is 0. The van der Waals surface area contributed by atoms with Crippen LogP contribution in [-0.4, -0.2) is 19.9 Å². The Hall–Kier alpha value is -7.56. The summed E-state index contributed by atoms with van der Waals surface area (Å²) in [6.45, 7) is 0. The molecule has 0 fully saturated rings. The lowest BCUT2D eigenvalue weighted by Gasteiger charge is -2.13. The summed E-state index contributed by atoms with van der Waals surface area (Å²) >= 11 is 0. The number of pyridine rings is 2. The van der Waals surface area contributed by atoms with Gasteiger partial charge in [-0.2, -0.15) is 0 Å². The molecule has 0 aliphatic heterocycles. The molecule has 0 saturated heterocycles. The molecule has 0 amide bonds. The van der Waals surface area contributed by atoms with E-state index in [9.17, 15) is 0 Å². The first-order valence-corrected chi connectivity index (χ1v) is 18.9. The molecule has 0 radical (unpaired) electrons. The van der Waals surface area contributed by atoms with E-state index in [2.05, 4.69) is 176 Å². The van der Waals surface area contributed by atoms with E-state index in [0.717, 1.165) is 82.5 Å². The molecule has 0 saturated carbocycles. The number of para-hydroxylation sites is 2. The normalized spacial score (nSPS) is 11.6. The summed E-state index contributed by atoms with van der Waals surface area (Å²) in [5, 5.41) is 6.57. The Labute approximate surface area is 323 Å². The maximum absolute atomic E-state index is 5.29. The molecular weight excluding hydrogens is 681 g/mol. The zero-order chi connectivity index (χ0) is 37.0. The number of rotatable bonds is 5. The average Bonchev–Trinajstić information content (AvgIpc) is 3.28. The predicted octanol–water partition coefficient (Wildman–Crippen LogP) is 13.4. The third-order valence-electron chi connectivity index (χ3n) is 10.8. The zero-order valence-corrected chi connectivity index (χ0v) is 30.3. The first-order valence-electron chi connectivity index (χ1n) is 18.9. The molecule has 56 heavy (non-hydrogen) atoms. The third kappa shape index (κ3) is 5.47. The van der Waals surface area contributed by atoms with E-state index >= 15 is 0 Å². The minimum absolute atomic E-state index is 0.704. The molecule has 0 N–H and O–H groups in total. The minimum atomic E-state index is 0.704. The monoisotopic (exact) mass is 712 g/mol. The van der Waals surface area contributed by atoms with Crippen LogP contribution < -0.4 is 0 Å². The molecule has 0 unspecified atom stereocenters. The standard InChI is InChI=1S/C52H32N4/c1-3-11-33(12-4-1)34-19-21-36(22-20-34)49-43-16-8-10-18-47(43)55-52(56-49)41-26-24-38-31-40(25-23-39(38)32-41)45-30-28-37-27-29-44-48(35-13-5-2-6-14-35)42-15-7-9-17-46(42)54-51(44)50(37)53-45/h1-32H. The van der Waals surface area contributed by atoms with Crippen LogP contribution in [0.1, 0.15) is 0 Å². The van der Waals surface area contributed by atoms with Gasteiger partial charge >= 0.3 is 0 Å². The van der Waals surface area contributed by atoms with Gasteiger partial charge < -0.3 is 0 Å². The van der Waals surface area contributed by atoms with Gasteiger partial charge in [0.05, 0.1) is 33.5 Å². The van der Waals surface area contributed by atoms with Crippen molar-refractivity contribution in [3.63, 3.8) is 0 Å². The summed E-state index contributed by atoms with van der Waals surface area (Å²) in [5.74, 6) is 0.704. The third-order valence-corrected chi connectivity index (χ3v) is 10.8. The van der Waals surface area contributed by atoms with Crippen molar-refractivity contribution in [1.29, 1.82) is 0 Å². The van der Waals surface area contributed by atoms with Crippen LogP contribution in [0.5, 0.6) is 0 Å². The minimum Gasteiger partial charge on any atom is -0.245 e. The second-order valence-corrected chi connectivity index (χ2v) is 14.2. The predicted molar refractivity (Wildman–Crippen MR) is 232 cm³/mol. The molecule has 11 aromatic rings. The summed E-state index contributed by atoms with van der Waals surface area (Å²) < 4.78 is 0. The lowest BCUT2D eigenvalue weighted by molar-refractivity contribution is 1.23. The van der Waals surface area contributed by atoms with E-state index in [0.29, 0.717) is 5.82 Å². The van der Waals surface area contributed by atoms with Gasteiger partial charge in [-0.25, -0.2) is 19.9 Å². The van der Waals surface area contributed by atoms with Crippen molar-refractivity contribution in [2.75, 3.05) is 0 Å². The molecule has 0 spiro atoms. The van der Waals surface area contributed by atoms with Crippen molar-refractivity contribution in [2.45, 2.75) is 0 Å². The van der Waals surface area contributed by atoms with Crippen LogP contribution in [-0.2, 0) is 0 Å². The SMILES string of the molecule is c1ccc(-c2ccc(-c3nc(-c4ccc5cc(-c6ccc7ccc8c(-c9ccccc9)c9ccccc9nc8c7n6)ccc5c4)nc4ccccc34)cc2)cc1. The zero-order valence-electron chi connectivity index (χ0n) is 30.3. The Morgan fingerprint density at radius 3 is 1.61 bits per heavy atom. The maximum Gasteiger partial charge on any atom is 0.160 e. The maximum atomic E-state index is 5.29. The smallest absolute Gasteiger partial charge is 0.160 e. The molecule has 8 aromatic carbocycles. The van der Waals surface area contributed by atoms with E-state index < -0.39 is 0 Å². The highest BCUT2D eigenvalue weighted by molar-refractivity contribution is 6.16. The summed E-state index contributed by atoms with van der Waals surface area (Å²) in [6, 6.07) is 68.0. The van der Waals surface area contributed by atoms with Crippen molar-refractivity contribution >= 4 is 54.4 Å². The molecule has 11 rings (SSSR count). The lowest BCUT2D eigenvalue weighted by Crippen LogP contribution is -1.95. The Morgan fingerprint density at radius 2 is 0.839 bits per heavy atom. The number of benzene rings is 8.